The van der Waals surface area contributed by atoms with E-state index in [1.54, 1.807) is 30.3 Å². The van der Waals surface area contributed by atoms with Crippen LogP contribution in [0.15, 0.2) is 51.7 Å². The molecule has 3 rings (SSSR count). The van der Waals surface area contributed by atoms with Crippen LogP contribution in [0.1, 0.15) is 6.42 Å². The van der Waals surface area contributed by atoms with Crippen LogP contribution < -0.4 is 10.5 Å². The van der Waals surface area contributed by atoms with Crippen molar-refractivity contribution < 1.29 is 13.9 Å². The summed E-state index contributed by atoms with van der Waals surface area (Å²) in [7, 11) is 0. The van der Waals surface area contributed by atoms with Crippen molar-refractivity contribution in [1.82, 2.24) is 4.57 Å². The van der Waals surface area contributed by atoms with Crippen LogP contribution in [-0.4, -0.2) is 10.5 Å². The molecule has 0 unspecified atom stereocenters. The van der Waals surface area contributed by atoms with Crippen LogP contribution in [0.25, 0.3) is 11.1 Å². The number of oxazole rings is 1. The Labute approximate surface area is 149 Å². The highest BCUT2D eigenvalue weighted by Gasteiger charge is 2.12. The molecule has 0 amide bonds. The molecule has 0 atom stereocenters. The van der Waals surface area contributed by atoms with Crippen molar-refractivity contribution in [3.63, 3.8) is 0 Å². The van der Waals surface area contributed by atoms with Crippen LogP contribution in [0.5, 0.6) is 5.75 Å². The number of hydrogen-bond donors (Lipinski definition) is 0. The van der Waals surface area contributed by atoms with Gasteiger partial charge in [0, 0.05) is 21.2 Å². The molecule has 7 heteroatoms. The fourth-order valence-electron chi connectivity index (χ4n) is 2.17. The fraction of sp³-hybridized carbons (Fsp3) is 0.125. The molecule has 0 saturated heterocycles. The summed E-state index contributed by atoms with van der Waals surface area (Å²) in [6.07, 6.45) is 0.0582. The first kappa shape index (κ1) is 16.1. The van der Waals surface area contributed by atoms with E-state index in [1.165, 1.54) is 4.57 Å². The zero-order chi connectivity index (χ0) is 16.4. The Kier molecular flexibility index (Phi) is 4.72. The molecule has 3 aromatic rings. The van der Waals surface area contributed by atoms with Crippen LogP contribution in [0.4, 0.5) is 0 Å². The normalized spacial score (nSPS) is 10.9. The van der Waals surface area contributed by atoms with Crippen molar-refractivity contribution in [2.24, 2.45) is 0 Å². The van der Waals surface area contributed by atoms with Gasteiger partial charge in [0.2, 0.25) is 0 Å². The lowest BCUT2D eigenvalue weighted by atomic mass is 10.3. The maximum absolute atomic E-state index is 11.9. The molecular formula is C16H11ClINO4. The Balaban J connectivity index is 1.72. The van der Waals surface area contributed by atoms with Gasteiger partial charge in [-0.15, -0.1) is 0 Å². The molecule has 0 spiro atoms. The SMILES string of the molecule is O=C(CCn1c(=O)oc2cc(Cl)ccc21)Oc1cccc(I)c1. The van der Waals surface area contributed by atoms with Gasteiger partial charge in [0.25, 0.3) is 0 Å². The van der Waals surface area contributed by atoms with Crippen LogP contribution in [-0.2, 0) is 11.3 Å². The zero-order valence-corrected chi connectivity index (χ0v) is 14.7. The van der Waals surface area contributed by atoms with E-state index >= 15 is 0 Å². The first-order valence-corrected chi connectivity index (χ1v) is 8.24. The van der Waals surface area contributed by atoms with E-state index in [-0.39, 0.29) is 13.0 Å². The minimum atomic E-state index is -0.524. The number of halogens is 2. The molecule has 0 bridgehead atoms. The summed E-state index contributed by atoms with van der Waals surface area (Å²) < 4.78 is 12.7. The molecule has 0 aliphatic rings. The molecule has 23 heavy (non-hydrogen) atoms. The van der Waals surface area contributed by atoms with E-state index in [0.717, 1.165) is 3.57 Å². The number of carbonyl (C=O) groups is 1. The second kappa shape index (κ2) is 6.76. The topological polar surface area (TPSA) is 61.4 Å². The average Bonchev–Trinajstić information content (AvgIpc) is 2.79. The minimum Gasteiger partial charge on any atom is -0.426 e. The Hall–Kier alpha value is -1.80. The highest BCUT2D eigenvalue weighted by atomic mass is 127. The summed E-state index contributed by atoms with van der Waals surface area (Å²) >= 11 is 8.00. The third-order valence-corrected chi connectivity index (χ3v) is 4.10. The Bertz CT molecular complexity index is 931. The van der Waals surface area contributed by atoms with Gasteiger partial charge in [-0.25, -0.2) is 4.79 Å². The second-order valence-electron chi connectivity index (χ2n) is 4.81. The second-order valence-corrected chi connectivity index (χ2v) is 6.50. The third-order valence-electron chi connectivity index (χ3n) is 3.20. The van der Waals surface area contributed by atoms with E-state index in [9.17, 15) is 9.59 Å². The first-order valence-electron chi connectivity index (χ1n) is 6.78. The minimum absolute atomic E-state index is 0.0582. The number of aryl methyl sites for hydroxylation is 1. The van der Waals surface area contributed by atoms with Crippen molar-refractivity contribution in [2.75, 3.05) is 0 Å². The lowest BCUT2D eigenvalue weighted by Gasteiger charge is -2.05. The number of ether oxygens (including phenoxy) is 1. The Morgan fingerprint density at radius 1 is 1.26 bits per heavy atom. The number of fused-ring (bicyclic) bond motifs is 1. The van der Waals surface area contributed by atoms with Gasteiger partial charge in [-0.05, 0) is 52.9 Å². The molecule has 0 aliphatic carbocycles. The first-order chi connectivity index (χ1) is 11.0. The lowest BCUT2D eigenvalue weighted by molar-refractivity contribution is -0.134. The molecule has 0 aliphatic heterocycles. The van der Waals surface area contributed by atoms with Crippen molar-refractivity contribution in [1.29, 1.82) is 0 Å². The number of rotatable bonds is 4. The van der Waals surface area contributed by atoms with Gasteiger partial charge in [0.05, 0.1) is 11.9 Å². The number of aromatic nitrogens is 1. The maximum Gasteiger partial charge on any atom is 0.419 e. The summed E-state index contributed by atoms with van der Waals surface area (Å²) in [5.74, 6) is -0.454. The van der Waals surface area contributed by atoms with Gasteiger partial charge in [0.15, 0.2) is 5.58 Å². The summed E-state index contributed by atoms with van der Waals surface area (Å²) in [6, 6.07) is 12.1. The molecule has 1 heterocycles. The molecule has 5 nitrogen and oxygen atoms in total. The third kappa shape index (κ3) is 3.76. The number of esters is 1. The average molecular weight is 444 g/mol. The van der Waals surface area contributed by atoms with Gasteiger partial charge in [-0.3, -0.25) is 9.36 Å². The Morgan fingerprint density at radius 2 is 2.09 bits per heavy atom. The predicted molar refractivity (Wildman–Crippen MR) is 94.9 cm³/mol. The van der Waals surface area contributed by atoms with Crippen LogP contribution in [0, 0.1) is 3.57 Å². The van der Waals surface area contributed by atoms with Gasteiger partial charge in [0.1, 0.15) is 5.75 Å². The van der Waals surface area contributed by atoms with E-state index in [0.29, 0.717) is 21.9 Å². The summed E-state index contributed by atoms with van der Waals surface area (Å²) in [5.41, 5.74) is 0.995. The number of nitrogens with zero attached hydrogens (tertiary/aromatic N) is 1. The van der Waals surface area contributed by atoms with E-state index < -0.39 is 11.7 Å². The van der Waals surface area contributed by atoms with Crippen molar-refractivity contribution in [2.45, 2.75) is 13.0 Å². The van der Waals surface area contributed by atoms with Gasteiger partial charge in [-0.1, -0.05) is 17.7 Å². The van der Waals surface area contributed by atoms with E-state index in [2.05, 4.69) is 22.6 Å². The molecule has 0 radical (unpaired) electrons. The van der Waals surface area contributed by atoms with Crippen molar-refractivity contribution in [3.05, 3.63) is 61.6 Å². The summed E-state index contributed by atoms with van der Waals surface area (Å²) in [4.78, 5) is 23.8. The smallest absolute Gasteiger partial charge is 0.419 e. The molecule has 1 aromatic heterocycles. The largest absolute Gasteiger partial charge is 0.426 e. The van der Waals surface area contributed by atoms with Crippen molar-refractivity contribution in [3.8, 4) is 5.75 Å². The number of benzene rings is 2. The molecule has 2 aromatic carbocycles. The highest BCUT2D eigenvalue weighted by Crippen LogP contribution is 2.19. The summed E-state index contributed by atoms with van der Waals surface area (Å²) in [6.45, 7) is 0.177. The van der Waals surface area contributed by atoms with Crippen LogP contribution >= 0.6 is 34.2 Å². The predicted octanol–water partition coefficient (Wildman–Crippen LogP) is 3.85. The lowest BCUT2D eigenvalue weighted by Crippen LogP contribution is -2.18. The Morgan fingerprint density at radius 3 is 2.87 bits per heavy atom. The molecule has 0 fully saturated rings. The number of hydrogen-bond acceptors (Lipinski definition) is 4. The number of carbonyl (C=O) groups excluding carboxylic acids is 1. The van der Waals surface area contributed by atoms with E-state index in [1.807, 2.05) is 12.1 Å². The highest BCUT2D eigenvalue weighted by molar-refractivity contribution is 14.1. The molecule has 0 N–H and O–H groups in total. The van der Waals surface area contributed by atoms with E-state index in [4.69, 9.17) is 20.8 Å². The molecule has 0 saturated carbocycles. The summed E-state index contributed by atoms with van der Waals surface area (Å²) in [5, 5.41) is 0.483. The van der Waals surface area contributed by atoms with Gasteiger partial charge < -0.3 is 9.15 Å². The van der Waals surface area contributed by atoms with Gasteiger partial charge in [-0.2, -0.15) is 0 Å². The fourth-order valence-corrected chi connectivity index (χ4v) is 2.84. The quantitative estimate of drug-likeness (QED) is 0.349. The van der Waals surface area contributed by atoms with Crippen LogP contribution in [0.3, 0.4) is 0 Å². The monoisotopic (exact) mass is 443 g/mol. The molecule has 118 valence electrons. The van der Waals surface area contributed by atoms with Gasteiger partial charge >= 0.3 is 11.7 Å². The standard InChI is InChI=1S/C16H11ClINO4/c17-10-4-5-13-14(8-10)23-16(21)19(13)7-6-15(20)22-12-3-1-2-11(18)9-12/h1-5,8-9H,6-7H2. The molecular weight excluding hydrogens is 433 g/mol. The van der Waals surface area contributed by atoms with Crippen molar-refractivity contribution >= 4 is 51.3 Å². The zero-order valence-electron chi connectivity index (χ0n) is 11.8. The maximum atomic E-state index is 11.9. The van der Waals surface area contributed by atoms with Crippen LogP contribution in [0.2, 0.25) is 5.02 Å².